The number of thiazole rings is 2. The van der Waals surface area contributed by atoms with Crippen molar-refractivity contribution in [1.29, 1.82) is 0 Å². The third-order valence-corrected chi connectivity index (χ3v) is 6.44. The van der Waals surface area contributed by atoms with Crippen LogP contribution in [0.3, 0.4) is 0 Å². The number of benzene rings is 1. The molecule has 1 aliphatic rings. The first kappa shape index (κ1) is 16.4. The maximum absolute atomic E-state index is 13.0. The Hall–Kier alpha value is -2.83. The van der Waals surface area contributed by atoms with Gasteiger partial charge in [-0.1, -0.05) is 30.3 Å². The lowest BCUT2D eigenvalue weighted by molar-refractivity contribution is 0.103. The van der Waals surface area contributed by atoms with Crippen molar-refractivity contribution in [2.45, 2.75) is 12.8 Å². The van der Waals surface area contributed by atoms with Crippen LogP contribution >= 0.6 is 22.7 Å². The number of aryl methyl sites for hydroxylation is 1. The van der Waals surface area contributed by atoms with Gasteiger partial charge >= 0.3 is 0 Å². The molecule has 0 N–H and O–H groups in total. The summed E-state index contributed by atoms with van der Waals surface area (Å²) >= 11 is 2.99. The van der Waals surface area contributed by atoms with E-state index in [1.54, 1.807) is 6.26 Å². The molecule has 0 bridgehead atoms. The first-order valence-corrected chi connectivity index (χ1v) is 10.3. The zero-order valence-corrected chi connectivity index (χ0v) is 15.8. The van der Waals surface area contributed by atoms with Gasteiger partial charge < -0.3 is 4.42 Å². The van der Waals surface area contributed by atoms with E-state index in [1.165, 1.54) is 22.7 Å². The van der Waals surface area contributed by atoms with Crippen LogP contribution in [-0.4, -0.2) is 15.8 Å². The SMILES string of the molecule is O=C1/C(=C/c2csc(-c3ccco3)n2)CCc2nc(-c3ccccc3)sc21. The monoisotopic (exact) mass is 390 g/mol. The molecular weight excluding hydrogens is 376 g/mol. The molecule has 0 amide bonds. The van der Waals surface area contributed by atoms with E-state index in [0.717, 1.165) is 49.6 Å². The second kappa shape index (κ2) is 6.72. The number of carbonyl (C=O) groups is 1. The molecule has 0 atom stereocenters. The van der Waals surface area contributed by atoms with E-state index in [1.807, 2.05) is 53.9 Å². The zero-order chi connectivity index (χ0) is 18.2. The summed E-state index contributed by atoms with van der Waals surface area (Å²) in [5.74, 6) is 0.820. The van der Waals surface area contributed by atoms with Crippen molar-refractivity contribution in [1.82, 2.24) is 9.97 Å². The number of hydrogen-bond donors (Lipinski definition) is 0. The lowest BCUT2D eigenvalue weighted by atomic mass is 9.95. The van der Waals surface area contributed by atoms with Crippen molar-refractivity contribution in [2.24, 2.45) is 0 Å². The van der Waals surface area contributed by atoms with Crippen molar-refractivity contribution < 1.29 is 9.21 Å². The minimum atomic E-state index is 0.0727. The molecule has 0 fully saturated rings. The number of carbonyl (C=O) groups excluding carboxylic acids is 1. The largest absolute Gasteiger partial charge is 0.462 e. The number of aromatic nitrogens is 2. The predicted octanol–water partition coefficient (Wildman–Crippen LogP) is 5.74. The number of ketones is 1. The highest BCUT2D eigenvalue weighted by molar-refractivity contribution is 7.17. The summed E-state index contributed by atoms with van der Waals surface area (Å²) in [6, 6.07) is 13.7. The van der Waals surface area contributed by atoms with Gasteiger partial charge in [0.05, 0.1) is 22.5 Å². The van der Waals surface area contributed by atoms with Gasteiger partial charge in [0.25, 0.3) is 0 Å². The number of Topliss-reactive ketones (excluding diaryl/α,β-unsaturated/α-hetero) is 1. The third kappa shape index (κ3) is 3.07. The summed E-state index contributed by atoms with van der Waals surface area (Å²) in [5.41, 5.74) is 3.56. The van der Waals surface area contributed by atoms with Crippen LogP contribution in [0.2, 0.25) is 0 Å². The van der Waals surface area contributed by atoms with Crippen LogP contribution in [0.4, 0.5) is 0 Å². The normalized spacial score (nSPS) is 15.3. The minimum absolute atomic E-state index is 0.0727. The smallest absolute Gasteiger partial charge is 0.200 e. The number of nitrogens with zero attached hydrogens (tertiary/aromatic N) is 2. The Balaban J connectivity index is 1.45. The quantitative estimate of drug-likeness (QED) is 0.419. The highest BCUT2D eigenvalue weighted by atomic mass is 32.1. The summed E-state index contributed by atoms with van der Waals surface area (Å²) in [4.78, 5) is 23.0. The van der Waals surface area contributed by atoms with Crippen LogP contribution in [-0.2, 0) is 6.42 Å². The van der Waals surface area contributed by atoms with Crippen LogP contribution in [0.25, 0.3) is 27.4 Å². The number of fused-ring (bicyclic) bond motifs is 1. The van der Waals surface area contributed by atoms with E-state index in [2.05, 4.69) is 4.98 Å². The van der Waals surface area contributed by atoms with Gasteiger partial charge in [-0.15, -0.1) is 22.7 Å². The van der Waals surface area contributed by atoms with Crippen molar-refractivity contribution >= 4 is 34.5 Å². The van der Waals surface area contributed by atoms with Crippen molar-refractivity contribution in [3.63, 3.8) is 0 Å². The first-order valence-electron chi connectivity index (χ1n) is 8.58. The highest BCUT2D eigenvalue weighted by Crippen LogP contribution is 2.35. The molecule has 4 nitrogen and oxygen atoms in total. The van der Waals surface area contributed by atoms with E-state index in [0.29, 0.717) is 6.42 Å². The van der Waals surface area contributed by atoms with Crippen LogP contribution in [0.15, 0.2) is 64.1 Å². The van der Waals surface area contributed by atoms with Gasteiger partial charge in [0.2, 0.25) is 5.78 Å². The van der Waals surface area contributed by atoms with E-state index in [4.69, 9.17) is 9.40 Å². The average Bonchev–Trinajstić information content (AvgIpc) is 3.45. The molecule has 3 aromatic heterocycles. The van der Waals surface area contributed by atoms with Gasteiger partial charge in [-0.2, -0.15) is 0 Å². The fourth-order valence-electron chi connectivity index (χ4n) is 3.10. The topological polar surface area (TPSA) is 56.0 Å². The molecular formula is C21H14N2O2S2. The molecule has 6 heteroatoms. The molecule has 0 spiro atoms. The molecule has 4 aromatic rings. The van der Waals surface area contributed by atoms with E-state index >= 15 is 0 Å². The summed E-state index contributed by atoms with van der Waals surface area (Å²) < 4.78 is 5.39. The van der Waals surface area contributed by atoms with E-state index in [-0.39, 0.29) is 5.78 Å². The molecule has 27 heavy (non-hydrogen) atoms. The standard InChI is InChI=1S/C21H14N2O2S2/c24-18-14(11-15-12-26-21(22-15)17-7-4-10-25-17)8-9-16-19(18)27-20(23-16)13-5-2-1-3-6-13/h1-7,10-12H,8-9H2/b14-11+. The van der Waals surface area contributed by atoms with Gasteiger partial charge in [0.15, 0.2) is 10.8 Å². The summed E-state index contributed by atoms with van der Waals surface area (Å²) in [5, 5.41) is 3.68. The lowest BCUT2D eigenvalue weighted by Crippen LogP contribution is -2.12. The number of rotatable bonds is 3. The van der Waals surface area contributed by atoms with Crippen LogP contribution < -0.4 is 0 Å². The van der Waals surface area contributed by atoms with Crippen molar-refractivity contribution in [3.05, 3.63) is 75.9 Å². The molecule has 0 aliphatic heterocycles. The Morgan fingerprint density at radius 2 is 1.89 bits per heavy atom. The Labute approximate surface area is 163 Å². The number of allylic oxidation sites excluding steroid dienone is 1. The second-order valence-electron chi connectivity index (χ2n) is 6.21. The Bertz CT molecular complexity index is 1140. The van der Waals surface area contributed by atoms with Gasteiger partial charge in [0, 0.05) is 16.5 Å². The average molecular weight is 390 g/mol. The number of furan rings is 1. The maximum Gasteiger partial charge on any atom is 0.200 e. The lowest BCUT2D eigenvalue weighted by Gasteiger charge is -2.11. The predicted molar refractivity (Wildman–Crippen MR) is 108 cm³/mol. The summed E-state index contributed by atoms with van der Waals surface area (Å²) in [7, 11) is 0. The maximum atomic E-state index is 13.0. The molecule has 1 aromatic carbocycles. The molecule has 0 saturated carbocycles. The Morgan fingerprint density at radius 1 is 1.00 bits per heavy atom. The second-order valence-corrected chi connectivity index (χ2v) is 8.07. The number of hydrogen-bond acceptors (Lipinski definition) is 6. The minimum Gasteiger partial charge on any atom is -0.462 e. The zero-order valence-electron chi connectivity index (χ0n) is 14.2. The van der Waals surface area contributed by atoms with E-state index in [9.17, 15) is 4.79 Å². The molecule has 1 aliphatic carbocycles. The fourth-order valence-corrected chi connectivity index (χ4v) is 4.93. The van der Waals surface area contributed by atoms with Crippen molar-refractivity contribution in [3.8, 4) is 21.3 Å². The van der Waals surface area contributed by atoms with Crippen molar-refractivity contribution in [2.75, 3.05) is 0 Å². The molecule has 132 valence electrons. The van der Waals surface area contributed by atoms with Crippen LogP contribution in [0.1, 0.15) is 27.5 Å². The summed E-state index contributed by atoms with van der Waals surface area (Å²) in [6.07, 6.45) is 5.01. The Morgan fingerprint density at radius 3 is 2.70 bits per heavy atom. The van der Waals surface area contributed by atoms with Gasteiger partial charge in [-0.3, -0.25) is 4.79 Å². The molecule has 0 radical (unpaired) electrons. The molecule has 0 unspecified atom stereocenters. The molecule has 5 rings (SSSR count). The highest BCUT2D eigenvalue weighted by Gasteiger charge is 2.26. The van der Waals surface area contributed by atoms with Crippen LogP contribution in [0.5, 0.6) is 0 Å². The van der Waals surface area contributed by atoms with Crippen LogP contribution in [0, 0.1) is 0 Å². The molecule has 3 heterocycles. The van der Waals surface area contributed by atoms with Gasteiger partial charge in [0.1, 0.15) is 5.01 Å². The fraction of sp³-hybridized carbons (Fsp3) is 0.0952. The third-order valence-electron chi connectivity index (χ3n) is 4.42. The van der Waals surface area contributed by atoms with E-state index < -0.39 is 0 Å². The summed E-state index contributed by atoms with van der Waals surface area (Å²) in [6.45, 7) is 0. The Kier molecular flexibility index (Phi) is 4.07. The van der Waals surface area contributed by atoms with Gasteiger partial charge in [-0.25, -0.2) is 9.97 Å². The first-order chi connectivity index (χ1) is 13.3. The molecule has 0 saturated heterocycles. The van der Waals surface area contributed by atoms with Gasteiger partial charge in [-0.05, 0) is 31.1 Å².